The summed E-state index contributed by atoms with van der Waals surface area (Å²) >= 11 is 0. The van der Waals surface area contributed by atoms with Gasteiger partial charge in [0.1, 0.15) is 11.5 Å². The minimum Gasteiger partial charge on any atom is -0.330 e. The summed E-state index contributed by atoms with van der Waals surface area (Å²) in [5.74, 6) is -2.32. The van der Waals surface area contributed by atoms with E-state index in [0.717, 1.165) is 6.07 Å². The molecule has 3 nitrogen and oxygen atoms in total. The van der Waals surface area contributed by atoms with E-state index in [0.29, 0.717) is 13.0 Å². The van der Waals surface area contributed by atoms with Gasteiger partial charge in [-0.1, -0.05) is 13.0 Å². The summed E-state index contributed by atoms with van der Waals surface area (Å²) < 4.78 is 27.0. The normalized spacial score (nSPS) is 12.3. The summed E-state index contributed by atoms with van der Waals surface area (Å²) in [6, 6.07) is 2.45. The lowest BCUT2D eigenvalue weighted by Crippen LogP contribution is -2.24. The van der Waals surface area contributed by atoms with Gasteiger partial charge >= 0.3 is 0 Å². The number of halogens is 2. The third-order valence-corrected chi connectivity index (χ3v) is 2.58. The largest absolute Gasteiger partial charge is 0.330 e. The molecular formula is C12H16F2N2O. The van der Waals surface area contributed by atoms with Gasteiger partial charge in [-0.3, -0.25) is 4.79 Å². The molecule has 0 heterocycles. The highest BCUT2D eigenvalue weighted by Crippen LogP contribution is 2.22. The van der Waals surface area contributed by atoms with Crippen LogP contribution in [-0.4, -0.2) is 12.5 Å². The molecule has 0 aliphatic rings. The molecule has 0 aliphatic heterocycles. The van der Waals surface area contributed by atoms with Gasteiger partial charge in [0.2, 0.25) is 5.91 Å². The van der Waals surface area contributed by atoms with E-state index in [4.69, 9.17) is 5.73 Å². The molecule has 0 aromatic heterocycles. The van der Waals surface area contributed by atoms with Crippen molar-refractivity contribution < 1.29 is 13.6 Å². The Morgan fingerprint density at radius 2 is 2.12 bits per heavy atom. The SMILES string of the molecule is Cc1ccc(F)c(NC(=O)C(C)CCN)c1F. The fourth-order valence-corrected chi connectivity index (χ4v) is 1.40. The quantitative estimate of drug-likeness (QED) is 0.850. The zero-order valence-corrected chi connectivity index (χ0v) is 9.89. The van der Waals surface area contributed by atoms with Gasteiger partial charge in [-0.25, -0.2) is 8.78 Å². The first-order valence-corrected chi connectivity index (χ1v) is 5.43. The topological polar surface area (TPSA) is 55.1 Å². The molecule has 94 valence electrons. The maximum atomic E-state index is 13.6. The first-order valence-electron chi connectivity index (χ1n) is 5.43. The molecule has 0 radical (unpaired) electrons. The van der Waals surface area contributed by atoms with E-state index < -0.39 is 17.5 Å². The van der Waals surface area contributed by atoms with Crippen LogP contribution in [0.5, 0.6) is 0 Å². The lowest BCUT2D eigenvalue weighted by Gasteiger charge is -2.13. The number of carbonyl (C=O) groups is 1. The maximum absolute atomic E-state index is 13.6. The average Bonchev–Trinajstić information content (AvgIpc) is 2.29. The van der Waals surface area contributed by atoms with Crippen LogP contribution in [0.2, 0.25) is 0 Å². The highest BCUT2D eigenvalue weighted by Gasteiger charge is 2.17. The van der Waals surface area contributed by atoms with Crippen LogP contribution in [0.3, 0.4) is 0 Å². The summed E-state index contributed by atoms with van der Waals surface area (Å²) in [5, 5.41) is 2.26. The van der Waals surface area contributed by atoms with Crippen molar-refractivity contribution in [3.8, 4) is 0 Å². The Morgan fingerprint density at radius 1 is 1.47 bits per heavy atom. The van der Waals surface area contributed by atoms with Gasteiger partial charge in [-0.15, -0.1) is 0 Å². The summed E-state index contributed by atoms with van der Waals surface area (Å²) in [6.45, 7) is 3.52. The molecule has 0 bridgehead atoms. The predicted octanol–water partition coefficient (Wildman–Crippen LogP) is 2.20. The van der Waals surface area contributed by atoms with E-state index in [-0.39, 0.29) is 17.2 Å². The number of benzene rings is 1. The maximum Gasteiger partial charge on any atom is 0.227 e. The molecule has 0 saturated carbocycles. The monoisotopic (exact) mass is 242 g/mol. The van der Waals surface area contributed by atoms with Crippen molar-refractivity contribution in [2.24, 2.45) is 11.7 Å². The number of nitrogens with two attached hydrogens (primary N) is 1. The fourth-order valence-electron chi connectivity index (χ4n) is 1.40. The number of aryl methyl sites for hydroxylation is 1. The van der Waals surface area contributed by atoms with Crippen molar-refractivity contribution in [1.29, 1.82) is 0 Å². The van der Waals surface area contributed by atoms with E-state index in [2.05, 4.69) is 5.32 Å². The Labute approximate surface area is 99.0 Å². The number of amides is 1. The molecule has 1 aromatic carbocycles. The lowest BCUT2D eigenvalue weighted by atomic mass is 10.1. The molecule has 0 spiro atoms. The number of nitrogens with one attached hydrogen (secondary N) is 1. The van der Waals surface area contributed by atoms with Crippen molar-refractivity contribution in [2.45, 2.75) is 20.3 Å². The minimum absolute atomic E-state index is 0.285. The average molecular weight is 242 g/mol. The third kappa shape index (κ3) is 3.23. The van der Waals surface area contributed by atoms with Gasteiger partial charge in [0.15, 0.2) is 5.82 Å². The second-order valence-electron chi connectivity index (χ2n) is 4.02. The van der Waals surface area contributed by atoms with Gasteiger partial charge in [-0.2, -0.15) is 0 Å². The van der Waals surface area contributed by atoms with E-state index in [9.17, 15) is 13.6 Å². The summed E-state index contributed by atoms with van der Waals surface area (Å²) in [7, 11) is 0. The highest BCUT2D eigenvalue weighted by molar-refractivity contribution is 5.92. The van der Waals surface area contributed by atoms with Crippen LogP contribution >= 0.6 is 0 Å². The first-order chi connectivity index (χ1) is 7.97. The van der Waals surface area contributed by atoms with Crippen LogP contribution in [0.4, 0.5) is 14.5 Å². The van der Waals surface area contributed by atoms with Crippen molar-refractivity contribution in [3.05, 3.63) is 29.3 Å². The van der Waals surface area contributed by atoms with Crippen molar-refractivity contribution >= 4 is 11.6 Å². The number of anilines is 1. The molecule has 1 rings (SSSR count). The van der Waals surface area contributed by atoms with Gasteiger partial charge in [-0.05, 0) is 31.5 Å². The van der Waals surface area contributed by atoms with Gasteiger partial charge in [0, 0.05) is 5.92 Å². The van der Waals surface area contributed by atoms with Crippen molar-refractivity contribution in [2.75, 3.05) is 11.9 Å². The smallest absolute Gasteiger partial charge is 0.227 e. The van der Waals surface area contributed by atoms with Crippen LogP contribution in [0.25, 0.3) is 0 Å². The van der Waals surface area contributed by atoms with Gasteiger partial charge < -0.3 is 11.1 Å². The fraction of sp³-hybridized carbons (Fsp3) is 0.417. The Morgan fingerprint density at radius 3 is 2.71 bits per heavy atom. The van der Waals surface area contributed by atoms with Gasteiger partial charge in [0.25, 0.3) is 0 Å². The van der Waals surface area contributed by atoms with Crippen LogP contribution in [0.15, 0.2) is 12.1 Å². The second kappa shape index (κ2) is 5.72. The number of hydrogen-bond donors (Lipinski definition) is 2. The van der Waals surface area contributed by atoms with E-state index >= 15 is 0 Å². The zero-order chi connectivity index (χ0) is 13.0. The Hall–Kier alpha value is -1.49. The molecule has 0 fully saturated rings. The molecule has 1 unspecified atom stereocenters. The van der Waals surface area contributed by atoms with E-state index in [1.165, 1.54) is 13.0 Å². The highest BCUT2D eigenvalue weighted by atomic mass is 19.1. The number of carbonyl (C=O) groups excluding carboxylic acids is 1. The Balaban J connectivity index is 2.88. The molecule has 1 amide bonds. The van der Waals surface area contributed by atoms with Crippen molar-refractivity contribution in [3.63, 3.8) is 0 Å². The lowest BCUT2D eigenvalue weighted by molar-refractivity contribution is -0.119. The summed E-state index contributed by atoms with van der Waals surface area (Å²) in [6.07, 6.45) is 0.473. The molecule has 1 atom stereocenters. The standard InChI is InChI=1S/C12H16F2N2O/c1-7-3-4-9(13)11(10(7)14)16-12(17)8(2)5-6-15/h3-4,8H,5-6,15H2,1-2H3,(H,16,17). The zero-order valence-electron chi connectivity index (χ0n) is 9.89. The predicted molar refractivity (Wildman–Crippen MR) is 62.6 cm³/mol. The number of rotatable bonds is 4. The minimum atomic E-state index is -0.776. The third-order valence-electron chi connectivity index (χ3n) is 2.58. The molecule has 0 aliphatic carbocycles. The first kappa shape index (κ1) is 13.6. The Kier molecular flexibility index (Phi) is 4.57. The summed E-state index contributed by atoms with van der Waals surface area (Å²) in [5.41, 5.74) is 5.21. The van der Waals surface area contributed by atoms with Crippen LogP contribution in [0, 0.1) is 24.5 Å². The van der Waals surface area contributed by atoms with Crippen LogP contribution in [-0.2, 0) is 4.79 Å². The molecule has 17 heavy (non-hydrogen) atoms. The second-order valence-corrected chi connectivity index (χ2v) is 4.02. The van der Waals surface area contributed by atoms with Gasteiger partial charge in [0.05, 0.1) is 0 Å². The van der Waals surface area contributed by atoms with Crippen LogP contribution in [0.1, 0.15) is 18.9 Å². The van der Waals surface area contributed by atoms with E-state index in [1.54, 1.807) is 6.92 Å². The molecule has 3 N–H and O–H groups in total. The van der Waals surface area contributed by atoms with Crippen molar-refractivity contribution in [1.82, 2.24) is 0 Å². The molecule has 0 saturated heterocycles. The van der Waals surface area contributed by atoms with E-state index in [1.807, 2.05) is 0 Å². The molecular weight excluding hydrogens is 226 g/mol. The molecule has 5 heteroatoms. The van der Waals surface area contributed by atoms with Crippen LogP contribution < -0.4 is 11.1 Å². The number of hydrogen-bond acceptors (Lipinski definition) is 2. The summed E-state index contributed by atoms with van der Waals surface area (Å²) in [4.78, 5) is 11.6. The molecule has 1 aromatic rings. The Bertz CT molecular complexity index is 421.